The lowest BCUT2D eigenvalue weighted by Gasteiger charge is -2.23. The van der Waals surface area contributed by atoms with E-state index >= 15 is 0 Å². The SMILES string of the molecule is O=C(O)Cc1ccccc1NC(=O)c1ccc(OC2CCOCC2)cc1. The van der Waals surface area contributed by atoms with Crippen LogP contribution in [0.1, 0.15) is 28.8 Å². The molecule has 3 rings (SSSR count). The van der Waals surface area contributed by atoms with Crippen LogP contribution < -0.4 is 10.1 Å². The van der Waals surface area contributed by atoms with Crippen molar-refractivity contribution < 1.29 is 24.2 Å². The average molecular weight is 355 g/mol. The number of hydrogen-bond acceptors (Lipinski definition) is 4. The van der Waals surface area contributed by atoms with E-state index in [1.807, 2.05) is 0 Å². The standard InChI is InChI=1S/C20H21NO5/c22-19(23)13-15-3-1-2-4-18(15)21-20(24)14-5-7-16(8-6-14)26-17-9-11-25-12-10-17/h1-8,17H,9-13H2,(H,21,24)(H,22,23). The number of carboxylic acids is 1. The minimum Gasteiger partial charge on any atom is -0.490 e. The molecular formula is C20H21NO5. The first-order valence-corrected chi connectivity index (χ1v) is 8.57. The summed E-state index contributed by atoms with van der Waals surface area (Å²) in [7, 11) is 0. The third-order valence-corrected chi connectivity index (χ3v) is 4.19. The van der Waals surface area contributed by atoms with Crippen LogP contribution in [0.3, 0.4) is 0 Å². The van der Waals surface area contributed by atoms with Crippen LogP contribution in [0.15, 0.2) is 48.5 Å². The Morgan fingerprint density at radius 3 is 2.46 bits per heavy atom. The number of carbonyl (C=O) groups is 2. The summed E-state index contributed by atoms with van der Waals surface area (Å²) in [6, 6.07) is 13.8. The second-order valence-corrected chi connectivity index (χ2v) is 6.14. The second-order valence-electron chi connectivity index (χ2n) is 6.14. The topological polar surface area (TPSA) is 84.9 Å². The summed E-state index contributed by atoms with van der Waals surface area (Å²) in [4.78, 5) is 23.4. The number of benzene rings is 2. The van der Waals surface area contributed by atoms with E-state index in [9.17, 15) is 9.59 Å². The van der Waals surface area contributed by atoms with Crippen LogP contribution in [0.5, 0.6) is 5.75 Å². The molecule has 0 atom stereocenters. The third kappa shape index (κ3) is 4.83. The summed E-state index contributed by atoms with van der Waals surface area (Å²) in [5, 5.41) is 11.7. The summed E-state index contributed by atoms with van der Waals surface area (Å²) in [5.74, 6) is -0.513. The average Bonchev–Trinajstić information content (AvgIpc) is 2.64. The molecule has 1 heterocycles. The zero-order chi connectivity index (χ0) is 18.4. The molecule has 1 fully saturated rings. The van der Waals surface area contributed by atoms with E-state index in [-0.39, 0.29) is 18.4 Å². The van der Waals surface area contributed by atoms with Gasteiger partial charge >= 0.3 is 5.97 Å². The van der Waals surface area contributed by atoms with Gasteiger partial charge < -0.3 is 19.9 Å². The highest BCUT2D eigenvalue weighted by Gasteiger charge is 2.16. The van der Waals surface area contributed by atoms with E-state index < -0.39 is 5.97 Å². The Kier molecular flexibility index (Phi) is 5.86. The number of carboxylic acid groups (broad SMARTS) is 1. The maximum absolute atomic E-state index is 12.4. The lowest BCUT2D eigenvalue weighted by atomic mass is 10.1. The van der Waals surface area contributed by atoms with Crippen molar-refractivity contribution in [3.8, 4) is 5.75 Å². The van der Waals surface area contributed by atoms with Crippen molar-refractivity contribution in [1.82, 2.24) is 0 Å². The van der Waals surface area contributed by atoms with Crippen LogP contribution in [0, 0.1) is 0 Å². The Bertz CT molecular complexity index is 766. The molecule has 0 aromatic heterocycles. The predicted octanol–water partition coefficient (Wildman–Crippen LogP) is 3.12. The number of para-hydroxylation sites is 1. The zero-order valence-corrected chi connectivity index (χ0v) is 14.3. The molecule has 1 saturated heterocycles. The van der Waals surface area contributed by atoms with Gasteiger partial charge in [0.25, 0.3) is 5.91 Å². The first-order chi connectivity index (χ1) is 12.6. The maximum atomic E-state index is 12.4. The van der Waals surface area contributed by atoms with Crippen molar-refractivity contribution in [3.63, 3.8) is 0 Å². The van der Waals surface area contributed by atoms with Gasteiger partial charge in [0.15, 0.2) is 0 Å². The molecule has 0 bridgehead atoms. The van der Waals surface area contributed by atoms with E-state index in [0.29, 0.717) is 30.0 Å². The van der Waals surface area contributed by atoms with Crippen LogP contribution in [0.2, 0.25) is 0 Å². The van der Waals surface area contributed by atoms with E-state index in [0.717, 1.165) is 18.6 Å². The zero-order valence-electron chi connectivity index (χ0n) is 14.3. The fourth-order valence-electron chi connectivity index (χ4n) is 2.82. The van der Waals surface area contributed by atoms with Crippen molar-refractivity contribution in [2.45, 2.75) is 25.4 Å². The van der Waals surface area contributed by atoms with E-state index in [2.05, 4.69) is 5.32 Å². The highest BCUT2D eigenvalue weighted by Crippen LogP contribution is 2.20. The second kappa shape index (κ2) is 8.49. The first kappa shape index (κ1) is 17.9. The minimum absolute atomic E-state index is 0.145. The minimum atomic E-state index is -0.943. The molecule has 1 aliphatic heterocycles. The van der Waals surface area contributed by atoms with Crippen molar-refractivity contribution in [2.75, 3.05) is 18.5 Å². The van der Waals surface area contributed by atoms with E-state index in [4.69, 9.17) is 14.6 Å². The van der Waals surface area contributed by atoms with Gasteiger partial charge in [-0.05, 0) is 35.9 Å². The molecule has 0 radical (unpaired) electrons. The van der Waals surface area contributed by atoms with Gasteiger partial charge in [-0.15, -0.1) is 0 Å². The van der Waals surface area contributed by atoms with E-state index in [1.165, 1.54) is 0 Å². The number of anilines is 1. The first-order valence-electron chi connectivity index (χ1n) is 8.57. The number of ether oxygens (including phenoxy) is 2. The van der Waals surface area contributed by atoms with Crippen molar-refractivity contribution in [2.24, 2.45) is 0 Å². The fraction of sp³-hybridized carbons (Fsp3) is 0.300. The summed E-state index contributed by atoms with van der Waals surface area (Å²) >= 11 is 0. The molecule has 1 amide bonds. The monoisotopic (exact) mass is 355 g/mol. The molecule has 136 valence electrons. The fourth-order valence-corrected chi connectivity index (χ4v) is 2.82. The molecule has 2 aromatic rings. The summed E-state index contributed by atoms with van der Waals surface area (Å²) < 4.78 is 11.2. The Labute approximate surface area is 151 Å². The Morgan fingerprint density at radius 1 is 1.08 bits per heavy atom. The number of carbonyl (C=O) groups excluding carboxylic acids is 1. The number of hydrogen-bond donors (Lipinski definition) is 2. The summed E-state index contributed by atoms with van der Waals surface area (Å²) in [6.45, 7) is 1.42. The van der Waals surface area contributed by atoms with Gasteiger partial charge in [0.2, 0.25) is 0 Å². The van der Waals surface area contributed by atoms with Crippen LogP contribution in [-0.2, 0) is 16.0 Å². The molecule has 0 spiro atoms. The molecule has 0 aliphatic carbocycles. The van der Waals surface area contributed by atoms with Crippen LogP contribution in [0.25, 0.3) is 0 Å². The van der Waals surface area contributed by atoms with Crippen molar-refractivity contribution >= 4 is 17.6 Å². The molecule has 26 heavy (non-hydrogen) atoms. The quantitative estimate of drug-likeness (QED) is 0.832. The molecule has 0 saturated carbocycles. The number of aliphatic carboxylic acids is 1. The lowest BCUT2D eigenvalue weighted by Crippen LogP contribution is -2.25. The predicted molar refractivity (Wildman–Crippen MR) is 96.6 cm³/mol. The Balaban J connectivity index is 1.64. The van der Waals surface area contributed by atoms with Crippen LogP contribution >= 0.6 is 0 Å². The van der Waals surface area contributed by atoms with Crippen molar-refractivity contribution in [1.29, 1.82) is 0 Å². The number of rotatable bonds is 6. The molecule has 2 N–H and O–H groups in total. The van der Waals surface area contributed by atoms with Gasteiger partial charge in [-0.3, -0.25) is 9.59 Å². The highest BCUT2D eigenvalue weighted by atomic mass is 16.5. The van der Waals surface area contributed by atoms with Gasteiger partial charge in [0.05, 0.1) is 19.6 Å². The maximum Gasteiger partial charge on any atom is 0.307 e. The molecule has 2 aromatic carbocycles. The normalized spacial score (nSPS) is 14.6. The van der Waals surface area contributed by atoms with Gasteiger partial charge in [0, 0.05) is 24.1 Å². The molecule has 0 unspecified atom stereocenters. The molecular weight excluding hydrogens is 334 g/mol. The summed E-state index contributed by atoms with van der Waals surface area (Å²) in [6.07, 6.45) is 1.73. The largest absolute Gasteiger partial charge is 0.490 e. The number of nitrogens with one attached hydrogen (secondary N) is 1. The van der Waals surface area contributed by atoms with Crippen LogP contribution in [0.4, 0.5) is 5.69 Å². The molecule has 6 heteroatoms. The highest BCUT2D eigenvalue weighted by molar-refractivity contribution is 6.04. The lowest BCUT2D eigenvalue weighted by molar-refractivity contribution is -0.136. The third-order valence-electron chi connectivity index (χ3n) is 4.19. The Hall–Kier alpha value is -2.86. The van der Waals surface area contributed by atoms with Gasteiger partial charge in [-0.1, -0.05) is 18.2 Å². The van der Waals surface area contributed by atoms with Crippen LogP contribution in [-0.4, -0.2) is 36.3 Å². The Morgan fingerprint density at radius 2 is 1.77 bits per heavy atom. The summed E-state index contributed by atoms with van der Waals surface area (Å²) in [5.41, 5.74) is 1.55. The number of amides is 1. The van der Waals surface area contributed by atoms with E-state index in [1.54, 1.807) is 48.5 Å². The molecule has 1 aliphatic rings. The molecule has 6 nitrogen and oxygen atoms in total. The van der Waals surface area contributed by atoms with Crippen molar-refractivity contribution in [3.05, 3.63) is 59.7 Å². The van der Waals surface area contributed by atoms with Gasteiger partial charge in [-0.2, -0.15) is 0 Å². The van der Waals surface area contributed by atoms with Gasteiger partial charge in [-0.25, -0.2) is 0 Å². The smallest absolute Gasteiger partial charge is 0.307 e. The van der Waals surface area contributed by atoms with Gasteiger partial charge in [0.1, 0.15) is 11.9 Å².